The first-order valence-electron chi connectivity index (χ1n) is 3.90. The second-order valence-corrected chi connectivity index (χ2v) is 3.05. The van der Waals surface area contributed by atoms with Gasteiger partial charge in [-0.1, -0.05) is 24.3 Å². The molecule has 0 spiro atoms. The fourth-order valence-corrected chi connectivity index (χ4v) is 1.54. The van der Waals surface area contributed by atoms with Gasteiger partial charge in [-0.15, -0.1) is 0 Å². The van der Waals surface area contributed by atoms with Crippen molar-refractivity contribution in [3.05, 3.63) is 46.9 Å². The van der Waals surface area contributed by atoms with Crippen LogP contribution < -0.4 is 0 Å². The van der Waals surface area contributed by atoms with Crippen LogP contribution in [0.2, 0.25) is 0 Å². The number of benzene rings is 1. The molecule has 0 saturated carbocycles. The van der Waals surface area contributed by atoms with E-state index in [1.807, 2.05) is 0 Å². The van der Waals surface area contributed by atoms with Gasteiger partial charge in [0.05, 0.1) is 0 Å². The van der Waals surface area contributed by atoms with Gasteiger partial charge in [-0.25, -0.2) is 0 Å². The second kappa shape index (κ2) is 3.85. The first-order chi connectivity index (χ1) is 5.29. The SMILES string of the molecule is Cc1ccc(C)c2c1[CH]C=C2.[Y]. The molecule has 0 heterocycles. The smallest absolute Gasteiger partial charge is 0.0134 e. The molecule has 2 radical (unpaired) electrons. The van der Waals surface area contributed by atoms with Crippen LogP contribution in [0.5, 0.6) is 0 Å². The van der Waals surface area contributed by atoms with Gasteiger partial charge in [0.1, 0.15) is 0 Å². The van der Waals surface area contributed by atoms with Crippen LogP contribution in [-0.2, 0) is 32.7 Å². The van der Waals surface area contributed by atoms with E-state index >= 15 is 0 Å². The predicted octanol–water partition coefficient (Wildman–Crippen LogP) is 2.88. The van der Waals surface area contributed by atoms with Gasteiger partial charge in [0.2, 0.25) is 0 Å². The van der Waals surface area contributed by atoms with E-state index in [1.165, 1.54) is 22.3 Å². The number of fused-ring (bicyclic) bond motifs is 1. The van der Waals surface area contributed by atoms with Gasteiger partial charge in [0.25, 0.3) is 0 Å². The molecular weight excluding hydrogens is 221 g/mol. The van der Waals surface area contributed by atoms with Crippen molar-refractivity contribution in [1.29, 1.82) is 0 Å². The van der Waals surface area contributed by atoms with Gasteiger partial charge in [-0.2, -0.15) is 0 Å². The number of hydrogen-bond acceptors (Lipinski definition) is 0. The Morgan fingerprint density at radius 3 is 2.08 bits per heavy atom. The molecule has 2 rings (SSSR count). The van der Waals surface area contributed by atoms with E-state index in [1.54, 1.807) is 0 Å². The summed E-state index contributed by atoms with van der Waals surface area (Å²) in [6.07, 6.45) is 6.47. The van der Waals surface area contributed by atoms with Crippen molar-refractivity contribution >= 4 is 6.08 Å². The Morgan fingerprint density at radius 2 is 1.50 bits per heavy atom. The summed E-state index contributed by atoms with van der Waals surface area (Å²) in [6, 6.07) is 4.36. The summed E-state index contributed by atoms with van der Waals surface area (Å²) in [5.74, 6) is 0. The molecule has 0 bridgehead atoms. The van der Waals surface area contributed by atoms with Crippen LogP contribution in [0, 0.1) is 20.3 Å². The molecule has 0 aliphatic heterocycles. The van der Waals surface area contributed by atoms with Crippen LogP contribution in [-0.4, -0.2) is 0 Å². The van der Waals surface area contributed by atoms with Crippen molar-refractivity contribution in [3.63, 3.8) is 0 Å². The molecule has 0 fully saturated rings. The Bertz CT molecular complexity index is 324. The van der Waals surface area contributed by atoms with Crippen LogP contribution >= 0.6 is 0 Å². The van der Waals surface area contributed by atoms with Crippen LogP contribution in [0.15, 0.2) is 18.2 Å². The molecular formula is C11H11Y. The fraction of sp³-hybridized carbons (Fsp3) is 0.182. The zero-order valence-corrected chi connectivity index (χ0v) is 10.3. The van der Waals surface area contributed by atoms with E-state index in [0.717, 1.165) is 0 Å². The van der Waals surface area contributed by atoms with E-state index in [4.69, 9.17) is 0 Å². The minimum Gasteiger partial charge on any atom is -0.0754 e. The molecule has 1 heteroatoms. The summed E-state index contributed by atoms with van der Waals surface area (Å²) in [4.78, 5) is 0. The fourth-order valence-electron chi connectivity index (χ4n) is 1.54. The van der Waals surface area contributed by atoms with Crippen molar-refractivity contribution in [2.24, 2.45) is 0 Å². The van der Waals surface area contributed by atoms with Crippen molar-refractivity contribution in [2.75, 3.05) is 0 Å². The zero-order chi connectivity index (χ0) is 7.84. The van der Waals surface area contributed by atoms with E-state index in [0.29, 0.717) is 0 Å². The van der Waals surface area contributed by atoms with Gasteiger partial charge < -0.3 is 0 Å². The number of rotatable bonds is 0. The Balaban J connectivity index is 0.000000720. The number of aryl methyl sites for hydroxylation is 2. The van der Waals surface area contributed by atoms with Gasteiger partial charge in [-0.3, -0.25) is 0 Å². The molecule has 0 amide bonds. The average molecular weight is 232 g/mol. The normalized spacial score (nSPS) is 12.5. The summed E-state index contributed by atoms with van der Waals surface area (Å²) >= 11 is 0. The first kappa shape index (κ1) is 10.1. The number of allylic oxidation sites excluding steroid dienone is 1. The van der Waals surface area contributed by atoms with Crippen molar-refractivity contribution < 1.29 is 32.7 Å². The monoisotopic (exact) mass is 232 g/mol. The molecule has 0 unspecified atom stereocenters. The van der Waals surface area contributed by atoms with Crippen molar-refractivity contribution in [2.45, 2.75) is 13.8 Å². The van der Waals surface area contributed by atoms with Crippen molar-refractivity contribution in [1.82, 2.24) is 0 Å². The van der Waals surface area contributed by atoms with Crippen LogP contribution in [0.4, 0.5) is 0 Å². The van der Waals surface area contributed by atoms with E-state index in [2.05, 4.69) is 44.6 Å². The molecule has 1 aliphatic carbocycles. The van der Waals surface area contributed by atoms with Gasteiger partial charge in [0.15, 0.2) is 0 Å². The third-order valence-electron chi connectivity index (χ3n) is 2.25. The van der Waals surface area contributed by atoms with Gasteiger partial charge in [-0.05, 0) is 36.1 Å². The minimum absolute atomic E-state index is 0. The molecule has 0 N–H and O–H groups in total. The van der Waals surface area contributed by atoms with Gasteiger partial charge >= 0.3 is 0 Å². The summed E-state index contributed by atoms with van der Waals surface area (Å²) in [5.41, 5.74) is 5.53. The van der Waals surface area contributed by atoms with Crippen LogP contribution in [0.25, 0.3) is 6.08 Å². The Kier molecular flexibility index (Phi) is 3.25. The summed E-state index contributed by atoms with van der Waals surface area (Å²) in [5, 5.41) is 0. The van der Waals surface area contributed by atoms with Gasteiger partial charge in [0, 0.05) is 39.1 Å². The van der Waals surface area contributed by atoms with E-state index in [9.17, 15) is 0 Å². The topological polar surface area (TPSA) is 0 Å². The largest absolute Gasteiger partial charge is 0.0754 e. The molecule has 0 saturated heterocycles. The average Bonchev–Trinajstić information content (AvgIpc) is 2.45. The Hall–Kier alpha value is 0.0639. The molecule has 1 aliphatic rings. The molecule has 58 valence electrons. The molecule has 1 aromatic carbocycles. The van der Waals surface area contributed by atoms with Crippen molar-refractivity contribution in [3.8, 4) is 0 Å². The molecule has 0 aromatic heterocycles. The molecule has 0 atom stereocenters. The first-order valence-corrected chi connectivity index (χ1v) is 3.90. The Labute approximate surface area is 98.9 Å². The minimum atomic E-state index is 0. The van der Waals surface area contributed by atoms with E-state index in [-0.39, 0.29) is 32.7 Å². The predicted molar refractivity (Wildman–Crippen MR) is 48.4 cm³/mol. The van der Waals surface area contributed by atoms with Crippen LogP contribution in [0.1, 0.15) is 22.3 Å². The van der Waals surface area contributed by atoms with Crippen LogP contribution in [0.3, 0.4) is 0 Å². The molecule has 0 nitrogen and oxygen atoms in total. The standard InChI is InChI=1S/C11H11.Y/c1-8-6-7-9(2)11-5-3-4-10(8)11;/h3-7H,1-2H3;. The second-order valence-electron chi connectivity index (χ2n) is 3.05. The maximum atomic E-state index is 2.18. The van der Waals surface area contributed by atoms with E-state index < -0.39 is 0 Å². The number of hydrogen-bond donors (Lipinski definition) is 0. The Morgan fingerprint density at radius 1 is 0.917 bits per heavy atom. The summed E-state index contributed by atoms with van der Waals surface area (Å²) in [6.45, 7) is 4.31. The maximum absolute atomic E-state index is 2.18. The zero-order valence-electron chi connectivity index (χ0n) is 7.46. The molecule has 12 heavy (non-hydrogen) atoms. The summed E-state index contributed by atoms with van der Waals surface area (Å²) in [7, 11) is 0. The quantitative estimate of drug-likeness (QED) is 0.645. The summed E-state index contributed by atoms with van der Waals surface area (Å²) < 4.78 is 0. The third-order valence-corrected chi connectivity index (χ3v) is 2.25. The third kappa shape index (κ3) is 1.55. The molecule has 1 aromatic rings. The maximum Gasteiger partial charge on any atom is 0.0134 e.